The Hall–Kier alpha value is -0.120. The molecule has 0 amide bonds. The molecule has 0 aromatic rings. The summed E-state index contributed by atoms with van der Waals surface area (Å²) in [4.78, 5) is 0. The highest BCUT2D eigenvalue weighted by Crippen LogP contribution is 2.18. The van der Waals surface area contributed by atoms with E-state index in [-0.39, 0.29) is 0 Å². The largest absolute Gasteiger partial charge is 0.381 e. The van der Waals surface area contributed by atoms with Gasteiger partial charge in [-0.3, -0.25) is 0 Å². The van der Waals surface area contributed by atoms with Gasteiger partial charge in [-0.1, -0.05) is 188 Å². The molecule has 0 rings (SSSR count). The molecule has 1 N–H and O–H groups in total. The Labute approximate surface area is 285 Å². The van der Waals surface area contributed by atoms with Crippen molar-refractivity contribution in [1.29, 1.82) is 0 Å². The second kappa shape index (κ2) is 41.9. The zero-order valence-corrected chi connectivity index (χ0v) is 31.8. The molecule has 0 aromatic carbocycles. The first-order chi connectivity index (χ1) is 22.3. The van der Waals surface area contributed by atoms with E-state index in [0.717, 1.165) is 19.8 Å². The fourth-order valence-electron chi connectivity index (χ4n) is 6.47. The highest BCUT2D eigenvalue weighted by atomic mass is 16.5. The number of unbranched alkanes of at least 4 members (excludes halogenated alkanes) is 26. The average Bonchev–Trinajstić information content (AvgIpc) is 3.05. The van der Waals surface area contributed by atoms with Crippen molar-refractivity contribution in [3.05, 3.63) is 0 Å². The van der Waals surface area contributed by atoms with Crippen LogP contribution in [0.15, 0.2) is 0 Å². The van der Waals surface area contributed by atoms with Crippen molar-refractivity contribution in [1.82, 2.24) is 5.32 Å². The SMILES string of the molecule is CCCCCCCCCCCOCCCCCCNCCCCCCCCOC(CCCCCCCC)CCCCCCCC. The highest BCUT2D eigenvalue weighted by Gasteiger charge is 2.09. The molecule has 0 aliphatic heterocycles. The second-order valence-electron chi connectivity index (χ2n) is 14.3. The molecular formula is C42H87NO2. The third-order valence-corrected chi connectivity index (χ3v) is 9.65. The van der Waals surface area contributed by atoms with Gasteiger partial charge in [0.15, 0.2) is 0 Å². The molecule has 272 valence electrons. The Bertz CT molecular complexity index is 483. The molecule has 0 radical (unpaired) electrons. The van der Waals surface area contributed by atoms with Crippen LogP contribution in [0.4, 0.5) is 0 Å². The molecule has 0 heterocycles. The van der Waals surface area contributed by atoms with Gasteiger partial charge >= 0.3 is 0 Å². The number of ether oxygens (including phenoxy) is 2. The molecule has 0 saturated carbocycles. The van der Waals surface area contributed by atoms with E-state index in [1.165, 1.54) is 225 Å². The first-order valence-electron chi connectivity index (χ1n) is 21.2. The summed E-state index contributed by atoms with van der Waals surface area (Å²) in [5, 5.41) is 3.67. The van der Waals surface area contributed by atoms with Crippen LogP contribution in [0.5, 0.6) is 0 Å². The molecule has 0 aliphatic carbocycles. The van der Waals surface area contributed by atoms with Gasteiger partial charge in [0.05, 0.1) is 6.10 Å². The van der Waals surface area contributed by atoms with Crippen molar-refractivity contribution in [2.24, 2.45) is 0 Å². The third-order valence-electron chi connectivity index (χ3n) is 9.65. The van der Waals surface area contributed by atoms with E-state index in [1.807, 2.05) is 0 Å². The Morgan fingerprint density at radius 3 is 1.04 bits per heavy atom. The predicted octanol–water partition coefficient (Wildman–Crippen LogP) is 13.9. The van der Waals surface area contributed by atoms with Crippen molar-refractivity contribution < 1.29 is 9.47 Å². The third kappa shape index (κ3) is 40.0. The summed E-state index contributed by atoms with van der Waals surface area (Å²) in [6.07, 6.45) is 45.7. The van der Waals surface area contributed by atoms with Gasteiger partial charge in [-0.05, 0) is 58.0 Å². The van der Waals surface area contributed by atoms with E-state index in [9.17, 15) is 0 Å². The smallest absolute Gasteiger partial charge is 0.0575 e. The van der Waals surface area contributed by atoms with Gasteiger partial charge in [-0.15, -0.1) is 0 Å². The van der Waals surface area contributed by atoms with Gasteiger partial charge in [-0.25, -0.2) is 0 Å². The molecule has 45 heavy (non-hydrogen) atoms. The van der Waals surface area contributed by atoms with Crippen LogP contribution in [0, 0.1) is 0 Å². The minimum Gasteiger partial charge on any atom is -0.381 e. The van der Waals surface area contributed by atoms with E-state index >= 15 is 0 Å². The van der Waals surface area contributed by atoms with Crippen molar-refractivity contribution >= 4 is 0 Å². The van der Waals surface area contributed by atoms with Gasteiger partial charge in [-0.2, -0.15) is 0 Å². The van der Waals surface area contributed by atoms with Crippen LogP contribution in [-0.4, -0.2) is 39.0 Å². The minimum atomic E-state index is 0.524. The molecule has 0 atom stereocenters. The Morgan fingerprint density at radius 1 is 0.333 bits per heavy atom. The summed E-state index contributed by atoms with van der Waals surface area (Å²) in [5.74, 6) is 0. The van der Waals surface area contributed by atoms with Gasteiger partial charge in [0.2, 0.25) is 0 Å². The average molecular weight is 638 g/mol. The fourth-order valence-corrected chi connectivity index (χ4v) is 6.47. The molecule has 3 nitrogen and oxygen atoms in total. The van der Waals surface area contributed by atoms with Crippen molar-refractivity contribution in [3.63, 3.8) is 0 Å². The van der Waals surface area contributed by atoms with Gasteiger partial charge in [0.25, 0.3) is 0 Å². The lowest BCUT2D eigenvalue weighted by Gasteiger charge is -2.18. The molecule has 0 spiro atoms. The summed E-state index contributed by atoms with van der Waals surface area (Å²) in [5.41, 5.74) is 0. The van der Waals surface area contributed by atoms with Gasteiger partial charge in [0.1, 0.15) is 0 Å². The van der Waals surface area contributed by atoms with E-state index in [1.54, 1.807) is 0 Å². The van der Waals surface area contributed by atoms with Crippen LogP contribution in [0.25, 0.3) is 0 Å². The molecule has 0 bridgehead atoms. The summed E-state index contributed by atoms with van der Waals surface area (Å²) >= 11 is 0. The van der Waals surface area contributed by atoms with Crippen molar-refractivity contribution in [2.45, 2.75) is 239 Å². The first kappa shape index (κ1) is 44.9. The lowest BCUT2D eigenvalue weighted by Crippen LogP contribution is -2.16. The molecular weight excluding hydrogens is 550 g/mol. The lowest BCUT2D eigenvalue weighted by atomic mass is 10.0. The Balaban J connectivity index is 3.45. The van der Waals surface area contributed by atoms with Crippen LogP contribution < -0.4 is 5.32 Å². The molecule has 0 unspecified atom stereocenters. The quantitative estimate of drug-likeness (QED) is 0.0677. The van der Waals surface area contributed by atoms with Crippen LogP contribution in [0.3, 0.4) is 0 Å². The molecule has 3 heteroatoms. The van der Waals surface area contributed by atoms with E-state index < -0.39 is 0 Å². The minimum absolute atomic E-state index is 0.524. The zero-order chi connectivity index (χ0) is 32.6. The first-order valence-corrected chi connectivity index (χ1v) is 21.2. The van der Waals surface area contributed by atoms with E-state index in [2.05, 4.69) is 26.1 Å². The van der Waals surface area contributed by atoms with Gasteiger partial charge < -0.3 is 14.8 Å². The summed E-state index contributed by atoms with van der Waals surface area (Å²) in [7, 11) is 0. The van der Waals surface area contributed by atoms with Crippen LogP contribution in [0.2, 0.25) is 0 Å². The van der Waals surface area contributed by atoms with E-state index in [0.29, 0.717) is 6.10 Å². The molecule has 0 aromatic heterocycles. The maximum absolute atomic E-state index is 6.43. The summed E-state index contributed by atoms with van der Waals surface area (Å²) < 4.78 is 12.3. The molecule has 0 aliphatic rings. The van der Waals surface area contributed by atoms with Crippen molar-refractivity contribution in [3.8, 4) is 0 Å². The summed E-state index contributed by atoms with van der Waals surface area (Å²) in [6, 6.07) is 0. The lowest BCUT2D eigenvalue weighted by molar-refractivity contribution is 0.0357. The standard InChI is InChI=1S/C42H87NO2/c1-4-7-10-13-16-17-19-25-32-39-44-40-33-27-24-31-38-43-37-30-23-18-20-26-34-41-45-42(35-28-21-14-11-8-5-2)36-29-22-15-12-9-6-3/h42-43H,4-41H2,1-3H3. The van der Waals surface area contributed by atoms with Crippen molar-refractivity contribution in [2.75, 3.05) is 32.9 Å². The number of rotatable bonds is 41. The molecule has 0 saturated heterocycles. The molecule has 0 fully saturated rings. The second-order valence-corrected chi connectivity index (χ2v) is 14.3. The van der Waals surface area contributed by atoms with Crippen LogP contribution in [0.1, 0.15) is 233 Å². The topological polar surface area (TPSA) is 30.5 Å². The summed E-state index contributed by atoms with van der Waals surface area (Å²) in [6.45, 7) is 12.2. The van der Waals surface area contributed by atoms with Crippen LogP contribution >= 0.6 is 0 Å². The fraction of sp³-hybridized carbons (Fsp3) is 1.00. The zero-order valence-electron chi connectivity index (χ0n) is 31.8. The Morgan fingerprint density at radius 2 is 0.644 bits per heavy atom. The van der Waals surface area contributed by atoms with Crippen LogP contribution in [-0.2, 0) is 9.47 Å². The number of hydrogen-bond acceptors (Lipinski definition) is 3. The number of hydrogen-bond donors (Lipinski definition) is 1. The highest BCUT2D eigenvalue weighted by molar-refractivity contribution is 4.61. The predicted molar refractivity (Wildman–Crippen MR) is 203 cm³/mol. The maximum Gasteiger partial charge on any atom is 0.0575 e. The number of nitrogens with one attached hydrogen (secondary N) is 1. The monoisotopic (exact) mass is 638 g/mol. The van der Waals surface area contributed by atoms with Gasteiger partial charge in [0, 0.05) is 19.8 Å². The maximum atomic E-state index is 6.43. The normalized spacial score (nSPS) is 11.7. The van der Waals surface area contributed by atoms with E-state index in [4.69, 9.17) is 9.47 Å². The Kier molecular flexibility index (Phi) is 41.8.